The molecule has 2 aromatic rings. The molecule has 0 saturated carbocycles. The van der Waals surface area contributed by atoms with Gasteiger partial charge in [-0.3, -0.25) is 9.78 Å². The van der Waals surface area contributed by atoms with E-state index in [9.17, 15) is 4.79 Å². The predicted octanol–water partition coefficient (Wildman–Crippen LogP) is 2.03. The average molecular weight is 328 g/mol. The van der Waals surface area contributed by atoms with E-state index in [2.05, 4.69) is 31.8 Å². The first-order valence-corrected chi connectivity index (χ1v) is 8.52. The fourth-order valence-electron chi connectivity index (χ4n) is 3.25. The number of hydrogen-bond acceptors (Lipinski definition) is 5. The van der Waals surface area contributed by atoms with Crippen LogP contribution in [-0.4, -0.2) is 43.9 Å². The monoisotopic (exact) mass is 328 g/mol. The van der Waals surface area contributed by atoms with Gasteiger partial charge in [0.05, 0.1) is 24.1 Å². The number of rotatable bonds is 6. The Labute approximate surface area is 142 Å². The second-order valence-corrected chi connectivity index (χ2v) is 5.96. The summed E-state index contributed by atoms with van der Waals surface area (Å²) in [5, 5.41) is 3.00. The third-order valence-electron chi connectivity index (χ3n) is 4.51. The Morgan fingerprint density at radius 3 is 3.08 bits per heavy atom. The quantitative estimate of drug-likeness (QED) is 0.878. The lowest BCUT2D eigenvalue weighted by Crippen LogP contribution is -2.31. The van der Waals surface area contributed by atoms with Crippen LogP contribution in [0.4, 0.5) is 5.82 Å². The van der Waals surface area contributed by atoms with Crippen molar-refractivity contribution in [3.05, 3.63) is 36.3 Å². The number of nitrogens with one attached hydrogen (secondary N) is 1. The summed E-state index contributed by atoms with van der Waals surface area (Å²) in [4.78, 5) is 27.8. The fourth-order valence-corrected chi connectivity index (χ4v) is 3.25. The highest BCUT2D eigenvalue weighted by Gasteiger charge is 2.31. The van der Waals surface area contributed by atoms with E-state index in [-0.39, 0.29) is 11.9 Å². The highest BCUT2D eigenvalue weighted by Crippen LogP contribution is 2.31. The molecule has 3 rings (SSSR count). The van der Waals surface area contributed by atoms with Gasteiger partial charge in [-0.15, -0.1) is 0 Å². The summed E-state index contributed by atoms with van der Waals surface area (Å²) in [5.41, 5.74) is 0.865. The number of amides is 1. The molecule has 1 fully saturated rings. The fraction of sp³-hybridized carbons (Fsp3) is 0.529. The Morgan fingerprint density at radius 2 is 2.29 bits per heavy atom. The number of likely N-dealkylation sites (tertiary alicyclic amines) is 1. The van der Waals surface area contributed by atoms with Crippen LogP contribution < -0.4 is 5.32 Å². The summed E-state index contributed by atoms with van der Waals surface area (Å²) in [6, 6.07) is 0.0340. The van der Waals surface area contributed by atoms with Crippen LogP contribution in [0.2, 0.25) is 0 Å². The largest absolute Gasteiger partial charge is 0.372 e. The van der Waals surface area contributed by atoms with E-state index >= 15 is 0 Å². The molecule has 0 spiro atoms. The van der Waals surface area contributed by atoms with Crippen LogP contribution in [0.5, 0.6) is 0 Å². The van der Waals surface area contributed by atoms with Crippen LogP contribution in [0.1, 0.15) is 43.7 Å². The van der Waals surface area contributed by atoms with Gasteiger partial charge >= 0.3 is 0 Å². The molecular weight excluding hydrogens is 304 g/mol. The molecule has 24 heavy (non-hydrogen) atoms. The summed E-state index contributed by atoms with van der Waals surface area (Å²) in [6.07, 6.45) is 10.5. The van der Waals surface area contributed by atoms with Crippen molar-refractivity contribution in [3.8, 4) is 0 Å². The third-order valence-corrected chi connectivity index (χ3v) is 4.51. The van der Waals surface area contributed by atoms with E-state index in [4.69, 9.17) is 0 Å². The van der Waals surface area contributed by atoms with Gasteiger partial charge in [0.25, 0.3) is 0 Å². The second-order valence-electron chi connectivity index (χ2n) is 5.96. The van der Waals surface area contributed by atoms with E-state index in [0.717, 1.165) is 43.1 Å². The van der Waals surface area contributed by atoms with Crippen LogP contribution in [0, 0.1) is 0 Å². The number of imidazole rings is 1. The Kier molecular flexibility index (Phi) is 5.08. The molecule has 1 aliphatic heterocycles. The molecule has 1 N–H and O–H groups in total. The van der Waals surface area contributed by atoms with Gasteiger partial charge in [-0.1, -0.05) is 6.92 Å². The molecule has 128 valence electrons. The van der Waals surface area contributed by atoms with Crippen LogP contribution in [0.3, 0.4) is 0 Å². The average Bonchev–Trinajstić information content (AvgIpc) is 3.28. The van der Waals surface area contributed by atoms with Crippen LogP contribution in [0.25, 0.3) is 0 Å². The molecule has 1 saturated heterocycles. The topological polar surface area (TPSA) is 75.9 Å². The molecule has 0 bridgehead atoms. The first kappa shape index (κ1) is 16.4. The smallest absolute Gasteiger partial charge is 0.224 e. The lowest BCUT2D eigenvalue weighted by molar-refractivity contribution is -0.132. The van der Waals surface area contributed by atoms with E-state index in [0.29, 0.717) is 13.0 Å². The van der Waals surface area contributed by atoms with Crippen molar-refractivity contribution >= 4 is 11.7 Å². The van der Waals surface area contributed by atoms with Gasteiger partial charge in [0.15, 0.2) is 0 Å². The van der Waals surface area contributed by atoms with Gasteiger partial charge in [-0.25, -0.2) is 9.97 Å². The lowest BCUT2D eigenvalue weighted by atomic mass is 10.1. The Morgan fingerprint density at radius 1 is 1.42 bits per heavy atom. The van der Waals surface area contributed by atoms with Gasteiger partial charge in [0.1, 0.15) is 11.6 Å². The molecule has 7 nitrogen and oxygen atoms in total. The van der Waals surface area contributed by atoms with E-state index in [1.165, 1.54) is 0 Å². The molecule has 3 heterocycles. The maximum absolute atomic E-state index is 12.7. The van der Waals surface area contributed by atoms with E-state index in [1.54, 1.807) is 18.6 Å². The number of aryl methyl sites for hydroxylation is 2. The third kappa shape index (κ3) is 3.39. The number of carbonyl (C=O) groups excluding carboxylic acids is 1. The van der Waals surface area contributed by atoms with Crippen molar-refractivity contribution in [1.29, 1.82) is 0 Å². The summed E-state index contributed by atoms with van der Waals surface area (Å²) >= 11 is 0. The maximum Gasteiger partial charge on any atom is 0.224 e. The Balaban J connectivity index is 1.67. The van der Waals surface area contributed by atoms with Gasteiger partial charge in [-0.05, 0) is 12.8 Å². The molecule has 0 aromatic carbocycles. The van der Waals surface area contributed by atoms with Crippen molar-refractivity contribution in [1.82, 2.24) is 24.4 Å². The van der Waals surface area contributed by atoms with Crippen molar-refractivity contribution in [3.63, 3.8) is 0 Å². The molecule has 1 aliphatic rings. The van der Waals surface area contributed by atoms with Gasteiger partial charge < -0.3 is 14.8 Å². The molecule has 0 radical (unpaired) electrons. The van der Waals surface area contributed by atoms with E-state index < -0.39 is 0 Å². The molecule has 0 aliphatic carbocycles. The lowest BCUT2D eigenvalue weighted by Gasteiger charge is -2.24. The predicted molar refractivity (Wildman–Crippen MR) is 91.5 cm³/mol. The Hall–Kier alpha value is -2.44. The molecule has 7 heteroatoms. The first-order chi connectivity index (χ1) is 11.7. The summed E-state index contributed by atoms with van der Waals surface area (Å²) < 4.78 is 2.06. The van der Waals surface area contributed by atoms with E-state index in [1.807, 2.05) is 18.1 Å². The minimum atomic E-state index is 0.0340. The van der Waals surface area contributed by atoms with Gasteiger partial charge in [-0.2, -0.15) is 0 Å². The minimum Gasteiger partial charge on any atom is -0.372 e. The highest BCUT2D eigenvalue weighted by molar-refractivity contribution is 5.77. The molecule has 1 amide bonds. The summed E-state index contributed by atoms with van der Waals surface area (Å²) in [5.74, 6) is 1.93. The van der Waals surface area contributed by atoms with Crippen molar-refractivity contribution in [2.75, 3.05) is 18.9 Å². The van der Waals surface area contributed by atoms with Crippen molar-refractivity contribution in [2.45, 2.75) is 45.2 Å². The van der Waals surface area contributed by atoms with Gasteiger partial charge in [0, 0.05) is 45.4 Å². The SMILES string of the molecule is CCc1nccn1CCC(=O)N1CCC[C@H]1c1cncc(NC)n1. The summed E-state index contributed by atoms with van der Waals surface area (Å²) in [7, 11) is 1.82. The molecule has 1 atom stereocenters. The standard InChI is InChI=1S/C17H24N6O/c1-3-16-20-7-10-22(16)9-6-17(24)23-8-4-5-14(23)13-11-19-12-15(18-2)21-13/h7,10-12,14H,3-6,8-9H2,1-2H3,(H,18,21)/t14-/m0/s1. The number of carbonyl (C=O) groups is 1. The molecule has 0 unspecified atom stereocenters. The van der Waals surface area contributed by atoms with Crippen LogP contribution in [0.15, 0.2) is 24.8 Å². The van der Waals surface area contributed by atoms with Crippen LogP contribution in [-0.2, 0) is 17.8 Å². The number of hydrogen-bond donors (Lipinski definition) is 1. The molecule has 2 aromatic heterocycles. The zero-order valence-corrected chi connectivity index (χ0v) is 14.3. The number of anilines is 1. The second kappa shape index (κ2) is 7.42. The summed E-state index contributed by atoms with van der Waals surface area (Å²) in [6.45, 7) is 3.54. The number of aromatic nitrogens is 4. The number of nitrogens with zero attached hydrogens (tertiary/aromatic N) is 5. The minimum absolute atomic E-state index is 0.0340. The molecular formula is C17H24N6O. The van der Waals surface area contributed by atoms with Gasteiger partial charge in [0.2, 0.25) is 5.91 Å². The first-order valence-electron chi connectivity index (χ1n) is 8.52. The van der Waals surface area contributed by atoms with Crippen LogP contribution >= 0.6 is 0 Å². The highest BCUT2D eigenvalue weighted by atomic mass is 16.2. The van der Waals surface area contributed by atoms with Crippen molar-refractivity contribution in [2.24, 2.45) is 0 Å². The zero-order valence-electron chi connectivity index (χ0n) is 14.3. The normalized spacial score (nSPS) is 17.2. The van der Waals surface area contributed by atoms with Crippen molar-refractivity contribution < 1.29 is 4.79 Å². The maximum atomic E-state index is 12.7. The Bertz CT molecular complexity index is 698. The zero-order chi connectivity index (χ0) is 16.9.